The third-order valence-electron chi connectivity index (χ3n) is 3.34. The molecule has 0 aliphatic heterocycles. The molecule has 0 spiro atoms. The molecule has 2 fully saturated rings. The van der Waals surface area contributed by atoms with Crippen LogP contribution in [0.15, 0.2) is 0 Å². The third kappa shape index (κ3) is 3.28. The molecule has 2 rings (SSSR count). The number of nitrogens with zero attached hydrogens (tertiary/aromatic N) is 1. The van der Waals surface area contributed by atoms with Gasteiger partial charge in [-0.2, -0.15) is 0 Å². The topological polar surface area (TPSA) is 29.3 Å². The van der Waals surface area contributed by atoms with Crippen LogP contribution < -0.4 is 5.73 Å². The zero-order chi connectivity index (χ0) is 9.26. The van der Waals surface area contributed by atoms with E-state index in [2.05, 4.69) is 11.9 Å². The van der Waals surface area contributed by atoms with Crippen LogP contribution in [-0.2, 0) is 0 Å². The van der Waals surface area contributed by atoms with Gasteiger partial charge in [-0.25, -0.2) is 0 Å². The smallest absolute Gasteiger partial charge is 0.00793 e. The molecule has 1 atom stereocenters. The maximum atomic E-state index is 6.05. The van der Waals surface area contributed by atoms with Gasteiger partial charge in [0.2, 0.25) is 0 Å². The highest BCUT2D eigenvalue weighted by Crippen LogP contribution is 2.33. The Bertz CT molecular complexity index is 161. The van der Waals surface area contributed by atoms with Gasteiger partial charge < -0.3 is 10.6 Å². The largest absolute Gasteiger partial charge is 0.327 e. The highest BCUT2D eigenvalue weighted by molar-refractivity contribution is 4.84. The van der Waals surface area contributed by atoms with Crippen molar-refractivity contribution in [1.82, 2.24) is 4.90 Å². The molecule has 0 aromatic carbocycles. The maximum Gasteiger partial charge on any atom is 0.00793 e. The van der Waals surface area contributed by atoms with Crippen molar-refractivity contribution in [3.8, 4) is 0 Å². The van der Waals surface area contributed by atoms with E-state index in [0.29, 0.717) is 6.04 Å². The van der Waals surface area contributed by atoms with Crippen molar-refractivity contribution in [2.45, 2.75) is 38.1 Å². The third-order valence-corrected chi connectivity index (χ3v) is 3.34. The van der Waals surface area contributed by atoms with E-state index in [9.17, 15) is 0 Å². The first-order chi connectivity index (χ1) is 6.25. The van der Waals surface area contributed by atoms with E-state index in [-0.39, 0.29) is 0 Å². The zero-order valence-corrected chi connectivity index (χ0v) is 8.71. The van der Waals surface area contributed by atoms with Crippen LogP contribution in [0.1, 0.15) is 32.1 Å². The number of nitrogens with two attached hydrogens (primary N) is 1. The highest BCUT2D eigenvalue weighted by atomic mass is 15.1. The first-order valence-electron chi connectivity index (χ1n) is 5.70. The molecule has 76 valence electrons. The van der Waals surface area contributed by atoms with E-state index in [1.807, 2.05) is 0 Å². The first-order valence-corrected chi connectivity index (χ1v) is 5.70. The van der Waals surface area contributed by atoms with Crippen LogP contribution in [0.2, 0.25) is 0 Å². The summed E-state index contributed by atoms with van der Waals surface area (Å²) < 4.78 is 0. The van der Waals surface area contributed by atoms with Gasteiger partial charge in [0.1, 0.15) is 0 Å². The van der Waals surface area contributed by atoms with Crippen LogP contribution in [-0.4, -0.2) is 31.1 Å². The van der Waals surface area contributed by atoms with Crippen LogP contribution in [0.25, 0.3) is 0 Å². The molecule has 2 saturated carbocycles. The predicted molar refractivity (Wildman–Crippen MR) is 55.5 cm³/mol. The van der Waals surface area contributed by atoms with Crippen LogP contribution >= 0.6 is 0 Å². The van der Waals surface area contributed by atoms with E-state index in [1.165, 1.54) is 45.2 Å². The van der Waals surface area contributed by atoms with Crippen molar-refractivity contribution in [1.29, 1.82) is 0 Å². The molecule has 0 heterocycles. The summed E-state index contributed by atoms with van der Waals surface area (Å²) in [6.45, 7) is 2.51. The predicted octanol–water partition coefficient (Wildman–Crippen LogP) is 1.46. The second-order valence-electron chi connectivity index (χ2n) is 5.00. The van der Waals surface area contributed by atoms with Gasteiger partial charge in [-0.3, -0.25) is 0 Å². The number of hydrogen-bond acceptors (Lipinski definition) is 2. The van der Waals surface area contributed by atoms with Crippen molar-refractivity contribution in [2.75, 3.05) is 20.1 Å². The van der Waals surface area contributed by atoms with Gasteiger partial charge in [-0.15, -0.1) is 0 Å². The van der Waals surface area contributed by atoms with Gasteiger partial charge in [0.15, 0.2) is 0 Å². The Balaban J connectivity index is 1.54. The Morgan fingerprint density at radius 3 is 2.54 bits per heavy atom. The van der Waals surface area contributed by atoms with Crippen molar-refractivity contribution in [3.63, 3.8) is 0 Å². The van der Waals surface area contributed by atoms with Crippen molar-refractivity contribution in [2.24, 2.45) is 17.6 Å². The minimum Gasteiger partial charge on any atom is -0.327 e. The summed E-state index contributed by atoms with van der Waals surface area (Å²) in [6.07, 6.45) is 6.88. The van der Waals surface area contributed by atoms with Crippen LogP contribution in [0.4, 0.5) is 0 Å². The molecule has 13 heavy (non-hydrogen) atoms. The Labute approximate surface area is 81.5 Å². The molecule has 1 unspecified atom stereocenters. The monoisotopic (exact) mass is 182 g/mol. The molecule has 0 amide bonds. The van der Waals surface area contributed by atoms with Gasteiger partial charge in [-0.05, 0) is 57.5 Å². The fraction of sp³-hybridized carbons (Fsp3) is 1.00. The Hall–Kier alpha value is -0.0800. The summed E-state index contributed by atoms with van der Waals surface area (Å²) >= 11 is 0. The summed E-state index contributed by atoms with van der Waals surface area (Å²) in [5.41, 5.74) is 6.05. The van der Waals surface area contributed by atoms with Crippen molar-refractivity contribution < 1.29 is 0 Å². The van der Waals surface area contributed by atoms with E-state index in [4.69, 9.17) is 5.73 Å². The van der Waals surface area contributed by atoms with Gasteiger partial charge in [-0.1, -0.05) is 0 Å². The Morgan fingerprint density at radius 2 is 2.00 bits per heavy atom. The van der Waals surface area contributed by atoms with Crippen LogP contribution in [0.5, 0.6) is 0 Å². The maximum absolute atomic E-state index is 6.05. The molecule has 2 aliphatic carbocycles. The number of hydrogen-bond donors (Lipinski definition) is 1. The molecule has 2 nitrogen and oxygen atoms in total. The van der Waals surface area contributed by atoms with Crippen molar-refractivity contribution >= 4 is 0 Å². The summed E-state index contributed by atoms with van der Waals surface area (Å²) in [7, 11) is 2.23. The fourth-order valence-corrected chi connectivity index (χ4v) is 1.96. The molecule has 0 aromatic rings. The fourth-order valence-electron chi connectivity index (χ4n) is 1.96. The van der Waals surface area contributed by atoms with E-state index < -0.39 is 0 Å². The van der Waals surface area contributed by atoms with E-state index in [1.54, 1.807) is 0 Å². The van der Waals surface area contributed by atoms with Gasteiger partial charge >= 0.3 is 0 Å². The summed E-state index contributed by atoms with van der Waals surface area (Å²) in [5.74, 6) is 1.89. The normalized spacial score (nSPS) is 25.2. The average molecular weight is 182 g/mol. The van der Waals surface area contributed by atoms with Gasteiger partial charge in [0, 0.05) is 12.6 Å². The molecule has 0 radical (unpaired) electrons. The average Bonchev–Trinajstić information content (AvgIpc) is 2.90. The zero-order valence-electron chi connectivity index (χ0n) is 8.71. The lowest BCUT2D eigenvalue weighted by molar-refractivity contribution is 0.301. The molecule has 0 aromatic heterocycles. The lowest BCUT2D eigenvalue weighted by Gasteiger charge is -2.18. The van der Waals surface area contributed by atoms with Crippen LogP contribution in [0.3, 0.4) is 0 Å². The van der Waals surface area contributed by atoms with E-state index in [0.717, 1.165) is 11.8 Å². The quantitative estimate of drug-likeness (QED) is 0.674. The SMILES string of the molecule is CN(CCC(N)C1CC1)CC1CC1. The Kier molecular flexibility index (Phi) is 2.89. The second kappa shape index (κ2) is 3.97. The molecular weight excluding hydrogens is 160 g/mol. The molecule has 2 N–H and O–H groups in total. The lowest BCUT2D eigenvalue weighted by atomic mass is 10.1. The number of rotatable bonds is 6. The summed E-state index contributed by atoms with van der Waals surface area (Å²) in [6, 6.07) is 0.488. The lowest BCUT2D eigenvalue weighted by Crippen LogP contribution is -2.30. The standard InChI is InChI=1S/C11H22N2/c1-13(8-9-2-3-9)7-6-11(12)10-4-5-10/h9-11H,2-8,12H2,1H3. The molecular formula is C11H22N2. The molecule has 2 aliphatic rings. The summed E-state index contributed by atoms with van der Waals surface area (Å²) in [5, 5.41) is 0. The summed E-state index contributed by atoms with van der Waals surface area (Å²) in [4.78, 5) is 2.46. The molecule has 0 bridgehead atoms. The minimum absolute atomic E-state index is 0.488. The molecule has 0 saturated heterocycles. The minimum atomic E-state index is 0.488. The first kappa shape index (κ1) is 9.47. The van der Waals surface area contributed by atoms with Crippen LogP contribution in [0, 0.1) is 11.8 Å². The second-order valence-corrected chi connectivity index (χ2v) is 5.00. The molecule has 2 heteroatoms. The highest BCUT2D eigenvalue weighted by Gasteiger charge is 2.28. The van der Waals surface area contributed by atoms with E-state index >= 15 is 0 Å². The van der Waals surface area contributed by atoms with Gasteiger partial charge in [0.25, 0.3) is 0 Å². The van der Waals surface area contributed by atoms with Crippen molar-refractivity contribution in [3.05, 3.63) is 0 Å². The van der Waals surface area contributed by atoms with Gasteiger partial charge in [0.05, 0.1) is 0 Å². The Morgan fingerprint density at radius 1 is 1.31 bits per heavy atom.